The van der Waals surface area contributed by atoms with Crippen molar-refractivity contribution in [1.29, 1.82) is 5.26 Å². The van der Waals surface area contributed by atoms with Crippen LogP contribution < -0.4 is 0 Å². The maximum atomic E-state index is 11.7. The number of hydrogen-bond donors (Lipinski definition) is 0. The Morgan fingerprint density at radius 3 is 2.81 bits per heavy atom. The van der Waals surface area contributed by atoms with Crippen LogP contribution in [-0.2, 0) is 4.84 Å². The van der Waals surface area contributed by atoms with Gasteiger partial charge in [-0.3, -0.25) is 0 Å². The Labute approximate surface area is 89.7 Å². The number of rotatable bonds is 3. The van der Waals surface area contributed by atoms with Gasteiger partial charge < -0.3 is 4.84 Å². The van der Waals surface area contributed by atoms with E-state index in [1.54, 1.807) is 18.2 Å². The monoisotopic (exact) mass is 228 g/mol. The number of alkyl halides is 3. The molecule has 3 nitrogen and oxygen atoms in total. The van der Waals surface area contributed by atoms with Gasteiger partial charge in [0.05, 0.1) is 17.8 Å². The minimum absolute atomic E-state index is 0.403. The average Bonchev–Trinajstić information content (AvgIpc) is 2.23. The van der Waals surface area contributed by atoms with Crippen LogP contribution in [0.25, 0.3) is 0 Å². The standard InChI is InChI=1S/C10H7F3N2O/c11-10(12,13)7-16-15-6-9-3-1-2-8(4-9)5-14/h1-4,6H,7H2. The molecule has 0 aromatic heterocycles. The smallest absolute Gasteiger partial charge is 0.386 e. The fraction of sp³-hybridized carbons (Fsp3) is 0.200. The minimum atomic E-state index is -4.40. The lowest BCUT2D eigenvalue weighted by Crippen LogP contribution is -2.14. The third-order valence-electron chi connectivity index (χ3n) is 1.52. The molecule has 0 aliphatic rings. The first-order valence-electron chi connectivity index (χ1n) is 4.23. The fourth-order valence-electron chi connectivity index (χ4n) is 0.897. The van der Waals surface area contributed by atoms with Crippen molar-refractivity contribution in [2.75, 3.05) is 6.61 Å². The molecule has 0 radical (unpaired) electrons. The van der Waals surface area contributed by atoms with Crippen LogP contribution in [-0.4, -0.2) is 19.0 Å². The van der Waals surface area contributed by atoms with Crippen molar-refractivity contribution in [2.45, 2.75) is 6.18 Å². The Hall–Kier alpha value is -2.03. The molecule has 0 fully saturated rings. The van der Waals surface area contributed by atoms with Crippen LogP contribution in [0.2, 0.25) is 0 Å². The third-order valence-corrected chi connectivity index (χ3v) is 1.52. The fourth-order valence-corrected chi connectivity index (χ4v) is 0.897. The molecule has 84 valence electrons. The second-order valence-corrected chi connectivity index (χ2v) is 2.86. The van der Waals surface area contributed by atoms with Gasteiger partial charge in [-0.15, -0.1) is 0 Å². The predicted molar refractivity (Wildman–Crippen MR) is 50.8 cm³/mol. The van der Waals surface area contributed by atoms with E-state index in [0.717, 1.165) is 6.21 Å². The summed E-state index contributed by atoms with van der Waals surface area (Å²) in [6.45, 7) is -1.43. The second-order valence-electron chi connectivity index (χ2n) is 2.86. The predicted octanol–water partition coefficient (Wildman–Crippen LogP) is 2.47. The summed E-state index contributed by atoms with van der Waals surface area (Å²) >= 11 is 0. The van der Waals surface area contributed by atoms with Crippen molar-refractivity contribution < 1.29 is 18.0 Å². The summed E-state index contributed by atoms with van der Waals surface area (Å²) in [5, 5.41) is 11.7. The van der Waals surface area contributed by atoms with E-state index in [1.165, 1.54) is 6.07 Å². The number of hydrogen-bond acceptors (Lipinski definition) is 3. The quantitative estimate of drug-likeness (QED) is 0.589. The Morgan fingerprint density at radius 2 is 2.19 bits per heavy atom. The first kappa shape index (κ1) is 12.0. The molecule has 0 atom stereocenters. The van der Waals surface area contributed by atoms with E-state index in [-0.39, 0.29) is 0 Å². The molecule has 0 unspecified atom stereocenters. The molecule has 0 spiro atoms. The first-order valence-corrected chi connectivity index (χ1v) is 4.23. The zero-order valence-electron chi connectivity index (χ0n) is 8.03. The summed E-state index contributed by atoms with van der Waals surface area (Å²) in [7, 11) is 0. The van der Waals surface area contributed by atoms with E-state index in [2.05, 4.69) is 9.99 Å². The van der Waals surface area contributed by atoms with Crippen LogP contribution in [0.3, 0.4) is 0 Å². The number of oxime groups is 1. The highest BCUT2D eigenvalue weighted by Gasteiger charge is 2.28. The molecule has 1 rings (SSSR count). The van der Waals surface area contributed by atoms with Crippen LogP contribution in [0.1, 0.15) is 11.1 Å². The van der Waals surface area contributed by atoms with Crippen molar-refractivity contribution >= 4 is 6.21 Å². The summed E-state index contributed by atoms with van der Waals surface area (Å²) < 4.78 is 35.0. The van der Waals surface area contributed by atoms with Crippen LogP contribution in [0.4, 0.5) is 13.2 Å². The van der Waals surface area contributed by atoms with Gasteiger partial charge >= 0.3 is 6.18 Å². The zero-order valence-corrected chi connectivity index (χ0v) is 8.03. The van der Waals surface area contributed by atoms with Crippen molar-refractivity contribution in [1.82, 2.24) is 0 Å². The van der Waals surface area contributed by atoms with Crippen molar-refractivity contribution in [3.63, 3.8) is 0 Å². The molecule has 0 heterocycles. The zero-order chi connectivity index (χ0) is 12.0. The van der Waals surface area contributed by atoms with Crippen molar-refractivity contribution in [3.05, 3.63) is 35.4 Å². The maximum Gasteiger partial charge on any atom is 0.425 e. The number of nitrogens with zero attached hydrogens (tertiary/aromatic N) is 2. The molecule has 0 bridgehead atoms. The van der Waals surface area contributed by atoms with Crippen molar-refractivity contribution in [3.8, 4) is 6.07 Å². The highest BCUT2D eigenvalue weighted by molar-refractivity contribution is 5.79. The molecule has 0 amide bonds. The minimum Gasteiger partial charge on any atom is -0.386 e. The lowest BCUT2D eigenvalue weighted by Gasteiger charge is -2.02. The van der Waals surface area contributed by atoms with E-state index in [0.29, 0.717) is 11.1 Å². The Morgan fingerprint density at radius 1 is 1.44 bits per heavy atom. The van der Waals surface area contributed by atoms with Gasteiger partial charge in [-0.1, -0.05) is 17.3 Å². The third kappa shape index (κ3) is 4.46. The highest BCUT2D eigenvalue weighted by atomic mass is 19.4. The van der Waals surface area contributed by atoms with Gasteiger partial charge in [0.15, 0.2) is 0 Å². The molecule has 0 N–H and O–H groups in total. The van der Waals surface area contributed by atoms with Gasteiger partial charge in [0.25, 0.3) is 0 Å². The van der Waals surface area contributed by atoms with E-state index in [9.17, 15) is 13.2 Å². The first-order chi connectivity index (χ1) is 7.51. The lowest BCUT2D eigenvalue weighted by molar-refractivity contribution is -0.173. The summed E-state index contributed by atoms with van der Waals surface area (Å²) in [4.78, 5) is 4.04. The van der Waals surface area contributed by atoms with Crippen molar-refractivity contribution in [2.24, 2.45) is 5.16 Å². The largest absolute Gasteiger partial charge is 0.425 e. The Kier molecular flexibility index (Phi) is 3.89. The highest BCUT2D eigenvalue weighted by Crippen LogP contribution is 2.14. The Balaban J connectivity index is 2.54. The molecule has 0 aliphatic heterocycles. The molecule has 6 heteroatoms. The van der Waals surface area contributed by atoms with Gasteiger partial charge in [0.1, 0.15) is 0 Å². The molecular weight excluding hydrogens is 221 g/mol. The van der Waals surface area contributed by atoms with Crippen LogP contribution in [0, 0.1) is 11.3 Å². The number of halogens is 3. The van der Waals surface area contributed by atoms with Gasteiger partial charge in [-0.05, 0) is 17.7 Å². The summed E-state index contributed by atoms with van der Waals surface area (Å²) in [5.74, 6) is 0. The topological polar surface area (TPSA) is 45.4 Å². The lowest BCUT2D eigenvalue weighted by atomic mass is 10.1. The van der Waals surface area contributed by atoms with E-state index in [1.807, 2.05) is 6.07 Å². The number of benzene rings is 1. The summed E-state index contributed by atoms with van der Waals surface area (Å²) in [6.07, 6.45) is -3.28. The van der Waals surface area contributed by atoms with Gasteiger partial charge in [-0.2, -0.15) is 18.4 Å². The molecule has 1 aromatic rings. The van der Waals surface area contributed by atoms with Gasteiger partial charge in [0.2, 0.25) is 6.61 Å². The van der Waals surface area contributed by atoms with E-state index < -0.39 is 12.8 Å². The molecular formula is C10H7F3N2O. The molecule has 0 saturated carbocycles. The van der Waals surface area contributed by atoms with Crippen LogP contribution >= 0.6 is 0 Å². The van der Waals surface area contributed by atoms with Gasteiger partial charge in [0, 0.05) is 0 Å². The summed E-state index contributed by atoms with van der Waals surface area (Å²) in [5.41, 5.74) is 0.904. The maximum absolute atomic E-state index is 11.7. The normalized spacial score (nSPS) is 11.4. The molecule has 16 heavy (non-hydrogen) atoms. The molecule has 0 saturated heterocycles. The van der Waals surface area contributed by atoms with E-state index in [4.69, 9.17) is 5.26 Å². The van der Waals surface area contributed by atoms with Crippen LogP contribution in [0.15, 0.2) is 29.4 Å². The molecule has 0 aliphatic carbocycles. The average molecular weight is 228 g/mol. The van der Waals surface area contributed by atoms with Crippen LogP contribution in [0.5, 0.6) is 0 Å². The number of nitriles is 1. The summed E-state index contributed by atoms with van der Waals surface area (Å²) in [6, 6.07) is 8.16. The SMILES string of the molecule is N#Cc1cccc(C=NOCC(F)(F)F)c1. The molecule has 1 aromatic carbocycles. The Bertz CT molecular complexity index is 421. The van der Waals surface area contributed by atoms with Gasteiger partial charge in [-0.25, -0.2) is 0 Å². The van der Waals surface area contributed by atoms with E-state index >= 15 is 0 Å². The second kappa shape index (κ2) is 5.16.